The molecule has 0 unspecified atom stereocenters. The summed E-state index contributed by atoms with van der Waals surface area (Å²) in [6, 6.07) is 19.2. The smallest absolute Gasteiger partial charge is 0.309 e. The van der Waals surface area contributed by atoms with E-state index in [9.17, 15) is 9.90 Å². The van der Waals surface area contributed by atoms with Crippen LogP contribution in [0.3, 0.4) is 0 Å². The molecule has 218 valence electrons. The average Bonchev–Trinajstić information content (AvgIpc) is 2.99. The Kier molecular flexibility index (Phi) is 8.80. The predicted molar refractivity (Wildman–Crippen MR) is 161 cm³/mol. The Morgan fingerprint density at radius 3 is 2.55 bits per heavy atom. The lowest BCUT2D eigenvalue weighted by atomic mass is 9.86. The minimum absolute atomic E-state index is 0.0119. The molecule has 2 aromatic heterocycles. The highest BCUT2D eigenvalue weighted by Gasteiger charge is 2.27. The summed E-state index contributed by atoms with van der Waals surface area (Å²) in [6.45, 7) is 7.49. The number of nitrogens with one attached hydrogen (secondary N) is 1. The number of anilines is 3. The van der Waals surface area contributed by atoms with Gasteiger partial charge >= 0.3 is 5.97 Å². The SMILES string of the molecule is CCOc1ccccc1O[C@@H]1CCCN(c2nccc(Nc3nccc(-c4ccc(CC(C)(C)C(=O)O)cc4)n3)n2)C1. The number of nitrogens with zero attached hydrogens (tertiary/aromatic N) is 5. The fourth-order valence-corrected chi connectivity index (χ4v) is 4.86. The first-order valence-corrected chi connectivity index (χ1v) is 14.2. The fourth-order valence-electron chi connectivity index (χ4n) is 4.86. The van der Waals surface area contributed by atoms with Crippen molar-refractivity contribution in [2.75, 3.05) is 29.9 Å². The number of benzene rings is 2. The van der Waals surface area contributed by atoms with Crippen molar-refractivity contribution >= 4 is 23.7 Å². The standard InChI is InChI=1S/C32H36N6O4/c1-4-41-26-9-5-6-10-27(26)42-24-8-7-19-38(21-24)31-34-18-16-28(37-31)36-30-33-17-15-25(35-30)23-13-11-22(12-14-23)20-32(2,3)29(39)40/h5-6,9-18,24H,4,7-8,19-21H2,1-3H3,(H,39,40)(H,33,34,35,36,37)/t24-/m1/s1. The number of hydrogen-bond acceptors (Lipinski definition) is 9. The van der Waals surface area contributed by atoms with E-state index in [4.69, 9.17) is 14.5 Å². The lowest BCUT2D eigenvalue weighted by Crippen LogP contribution is -2.42. The van der Waals surface area contributed by atoms with Gasteiger partial charge in [0.2, 0.25) is 11.9 Å². The molecule has 2 N–H and O–H groups in total. The summed E-state index contributed by atoms with van der Waals surface area (Å²) in [6.07, 6.45) is 5.75. The molecule has 10 heteroatoms. The molecular formula is C32H36N6O4. The van der Waals surface area contributed by atoms with Crippen LogP contribution in [0.4, 0.5) is 17.7 Å². The zero-order valence-electron chi connectivity index (χ0n) is 24.2. The zero-order chi connectivity index (χ0) is 29.5. The van der Waals surface area contributed by atoms with E-state index in [1.54, 1.807) is 32.3 Å². The Bertz CT molecular complexity index is 1510. The number of carboxylic acid groups (broad SMARTS) is 1. The molecule has 0 aliphatic carbocycles. The van der Waals surface area contributed by atoms with Gasteiger partial charge in [-0.2, -0.15) is 4.98 Å². The van der Waals surface area contributed by atoms with Crippen molar-refractivity contribution < 1.29 is 19.4 Å². The summed E-state index contributed by atoms with van der Waals surface area (Å²) in [4.78, 5) is 31.9. The molecule has 1 aliphatic rings. The maximum Gasteiger partial charge on any atom is 0.309 e. The molecule has 4 aromatic rings. The van der Waals surface area contributed by atoms with Crippen molar-refractivity contribution in [3.8, 4) is 22.8 Å². The number of para-hydroxylation sites is 2. The highest BCUT2D eigenvalue weighted by molar-refractivity contribution is 5.74. The van der Waals surface area contributed by atoms with E-state index in [0.29, 0.717) is 37.3 Å². The maximum absolute atomic E-state index is 11.5. The van der Waals surface area contributed by atoms with Gasteiger partial charge in [0.15, 0.2) is 11.5 Å². The largest absolute Gasteiger partial charge is 0.490 e. The first kappa shape index (κ1) is 28.8. The first-order valence-electron chi connectivity index (χ1n) is 14.2. The van der Waals surface area contributed by atoms with E-state index in [-0.39, 0.29) is 6.10 Å². The number of hydrogen-bond donors (Lipinski definition) is 2. The molecule has 42 heavy (non-hydrogen) atoms. The van der Waals surface area contributed by atoms with Crippen molar-refractivity contribution in [3.05, 3.63) is 78.6 Å². The predicted octanol–water partition coefficient (Wildman–Crippen LogP) is 5.78. The zero-order valence-corrected chi connectivity index (χ0v) is 24.2. The van der Waals surface area contributed by atoms with Crippen molar-refractivity contribution in [1.29, 1.82) is 0 Å². The van der Waals surface area contributed by atoms with Gasteiger partial charge in [0.1, 0.15) is 11.9 Å². The van der Waals surface area contributed by atoms with Gasteiger partial charge in [0, 0.05) is 24.5 Å². The molecule has 5 rings (SSSR count). The highest BCUT2D eigenvalue weighted by atomic mass is 16.5. The van der Waals surface area contributed by atoms with Gasteiger partial charge in [-0.3, -0.25) is 4.79 Å². The van der Waals surface area contributed by atoms with Crippen LogP contribution < -0.4 is 19.7 Å². The third-order valence-electron chi connectivity index (χ3n) is 7.12. The Morgan fingerprint density at radius 1 is 1.02 bits per heavy atom. The second kappa shape index (κ2) is 12.8. The van der Waals surface area contributed by atoms with Gasteiger partial charge in [0.05, 0.1) is 24.3 Å². The number of ether oxygens (including phenoxy) is 2. The van der Waals surface area contributed by atoms with Crippen LogP contribution in [0.15, 0.2) is 73.1 Å². The van der Waals surface area contributed by atoms with Gasteiger partial charge in [-0.25, -0.2) is 15.0 Å². The molecule has 0 saturated carbocycles. The van der Waals surface area contributed by atoms with Gasteiger partial charge < -0.3 is 24.8 Å². The van der Waals surface area contributed by atoms with E-state index >= 15 is 0 Å². The minimum Gasteiger partial charge on any atom is -0.490 e. The molecule has 0 radical (unpaired) electrons. The minimum atomic E-state index is -0.832. The van der Waals surface area contributed by atoms with Crippen LogP contribution in [0.5, 0.6) is 11.5 Å². The Labute approximate surface area is 245 Å². The van der Waals surface area contributed by atoms with E-state index < -0.39 is 11.4 Å². The highest BCUT2D eigenvalue weighted by Crippen LogP contribution is 2.30. The average molecular weight is 569 g/mol. The van der Waals surface area contributed by atoms with Crippen LogP contribution in [-0.4, -0.2) is 56.8 Å². The van der Waals surface area contributed by atoms with Crippen molar-refractivity contribution in [2.24, 2.45) is 5.41 Å². The molecule has 0 bridgehead atoms. The molecule has 0 amide bonds. The molecule has 10 nitrogen and oxygen atoms in total. The molecule has 2 aromatic carbocycles. The summed E-state index contributed by atoms with van der Waals surface area (Å²) in [5, 5.41) is 12.6. The van der Waals surface area contributed by atoms with E-state index in [1.165, 1.54) is 0 Å². The topological polar surface area (TPSA) is 123 Å². The van der Waals surface area contributed by atoms with Crippen LogP contribution >= 0.6 is 0 Å². The number of rotatable bonds is 11. The third-order valence-corrected chi connectivity index (χ3v) is 7.12. The first-order chi connectivity index (χ1) is 20.3. The van der Waals surface area contributed by atoms with Gasteiger partial charge in [-0.15, -0.1) is 0 Å². The van der Waals surface area contributed by atoms with E-state index in [0.717, 1.165) is 47.7 Å². The lowest BCUT2D eigenvalue weighted by Gasteiger charge is -2.33. The molecule has 3 heterocycles. The molecule has 1 atom stereocenters. The van der Waals surface area contributed by atoms with E-state index in [1.807, 2.05) is 61.5 Å². The van der Waals surface area contributed by atoms with Gasteiger partial charge in [-0.1, -0.05) is 36.4 Å². The number of carbonyl (C=O) groups is 1. The normalized spacial score (nSPS) is 15.2. The Balaban J connectivity index is 1.25. The summed E-state index contributed by atoms with van der Waals surface area (Å²) < 4.78 is 12.1. The maximum atomic E-state index is 11.5. The summed E-state index contributed by atoms with van der Waals surface area (Å²) in [5.74, 6) is 2.30. The summed E-state index contributed by atoms with van der Waals surface area (Å²) in [5.41, 5.74) is 1.78. The number of aromatic nitrogens is 4. The molecule has 0 spiro atoms. The Hall–Kier alpha value is -4.73. The van der Waals surface area contributed by atoms with Crippen LogP contribution in [0.25, 0.3) is 11.3 Å². The van der Waals surface area contributed by atoms with Crippen LogP contribution in [0.2, 0.25) is 0 Å². The third kappa shape index (κ3) is 7.12. The fraction of sp³-hybridized carbons (Fsp3) is 0.344. The van der Waals surface area contributed by atoms with Gasteiger partial charge in [0.25, 0.3) is 0 Å². The van der Waals surface area contributed by atoms with Crippen LogP contribution in [-0.2, 0) is 11.2 Å². The summed E-state index contributed by atoms with van der Waals surface area (Å²) >= 11 is 0. The molecular weight excluding hydrogens is 532 g/mol. The quantitative estimate of drug-likeness (QED) is 0.230. The number of carboxylic acids is 1. The van der Waals surface area contributed by atoms with E-state index in [2.05, 4.69) is 25.2 Å². The molecule has 1 saturated heterocycles. The van der Waals surface area contributed by atoms with Gasteiger partial charge in [-0.05, 0) is 69.9 Å². The molecule has 1 fully saturated rings. The Morgan fingerprint density at radius 2 is 1.79 bits per heavy atom. The number of piperidine rings is 1. The van der Waals surface area contributed by atoms with Crippen LogP contribution in [0.1, 0.15) is 39.2 Å². The summed E-state index contributed by atoms with van der Waals surface area (Å²) in [7, 11) is 0. The lowest BCUT2D eigenvalue weighted by molar-refractivity contribution is -0.146. The van der Waals surface area contributed by atoms with Crippen molar-refractivity contribution in [1.82, 2.24) is 19.9 Å². The van der Waals surface area contributed by atoms with Crippen molar-refractivity contribution in [2.45, 2.75) is 46.1 Å². The van der Waals surface area contributed by atoms with Crippen LogP contribution in [0, 0.1) is 5.41 Å². The second-order valence-corrected chi connectivity index (χ2v) is 10.9. The monoisotopic (exact) mass is 568 g/mol. The van der Waals surface area contributed by atoms with Crippen molar-refractivity contribution in [3.63, 3.8) is 0 Å². The number of aliphatic carboxylic acids is 1. The molecule has 1 aliphatic heterocycles. The second-order valence-electron chi connectivity index (χ2n) is 10.9.